The Labute approximate surface area is 109 Å². The van der Waals surface area contributed by atoms with Gasteiger partial charge in [0.05, 0.1) is 6.04 Å². The monoisotopic (exact) mass is 300 g/mol. The molecule has 4 unspecified atom stereocenters. The fraction of sp³-hybridized carbons (Fsp3) is 0.667. The third kappa shape index (κ3) is 1.76. The largest absolute Gasteiger partial charge is 0.271 e. The molecule has 16 heavy (non-hydrogen) atoms. The number of rotatable bonds is 3. The molecule has 0 spiro atoms. The van der Waals surface area contributed by atoms with E-state index in [9.17, 15) is 0 Å². The maximum Gasteiger partial charge on any atom is 0.0595 e. The molecule has 2 bridgehead atoms. The highest BCUT2D eigenvalue weighted by atomic mass is 79.9. The summed E-state index contributed by atoms with van der Waals surface area (Å²) in [6.07, 6.45) is 5.66. The first-order chi connectivity index (χ1) is 7.79. The third-order valence-electron chi connectivity index (χ3n) is 4.33. The molecular formula is C12H17BrN2S. The van der Waals surface area contributed by atoms with E-state index in [1.807, 2.05) is 11.3 Å². The van der Waals surface area contributed by atoms with Crippen molar-refractivity contribution in [3.63, 3.8) is 0 Å². The van der Waals surface area contributed by atoms with Crippen molar-refractivity contribution >= 4 is 27.3 Å². The Balaban J connectivity index is 1.84. The number of nitrogens with two attached hydrogens (primary N) is 1. The molecule has 4 heteroatoms. The lowest BCUT2D eigenvalue weighted by molar-refractivity contribution is 0.254. The van der Waals surface area contributed by atoms with Crippen molar-refractivity contribution in [2.24, 2.45) is 23.6 Å². The molecule has 0 saturated heterocycles. The Hall–Kier alpha value is 0.100. The Kier molecular flexibility index (Phi) is 3.09. The van der Waals surface area contributed by atoms with Gasteiger partial charge >= 0.3 is 0 Å². The number of hydrogen-bond donors (Lipinski definition) is 2. The minimum absolute atomic E-state index is 0.352. The van der Waals surface area contributed by atoms with Crippen molar-refractivity contribution in [3.8, 4) is 0 Å². The minimum Gasteiger partial charge on any atom is -0.271 e. The van der Waals surface area contributed by atoms with E-state index in [4.69, 9.17) is 5.84 Å². The zero-order valence-electron chi connectivity index (χ0n) is 9.16. The molecule has 2 aliphatic carbocycles. The van der Waals surface area contributed by atoms with E-state index < -0.39 is 0 Å². The van der Waals surface area contributed by atoms with Gasteiger partial charge in [-0.25, -0.2) is 0 Å². The van der Waals surface area contributed by atoms with Crippen LogP contribution in [-0.2, 0) is 0 Å². The van der Waals surface area contributed by atoms with Crippen LogP contribution in [0.25, 0.3) is 0 Å². The summed E-state index contributed by atoms with van der Waals surface area (Å²) < 4.78 is 1.21. The van der Waals surface area contributed by atoms with Crippen LogP contribution in [0, 0.1) is 17.8 Å². The van der Waals surface area contributed by atoms with Crippen LogP contribution >= 0.6 is 27.3 Å². The Morgan fingerprint density at radius 1 is 1.44 bits per heavy atom. The number of hydrazine groups is 1. The van der Waals surface area contributed by atoms with E-state index in [1.165, 1.54) is 35.0 Å². The Morgan fingerprint density at radius 3 is 2.81 bits per heavy atom. The number of nitrogens with one attached hydrogen (secondary N) is 1. The molecule has 2 aliphatic rings. The van der Waals surface area contributed by atoms with Crippen LogP contribution in [0.3, 0.4) is 0 Å². The molecule has 1 heterocycles. The van der Waals surface area contributed by atoms with Gasteiger partial charge in [0.2, 0.25) is 0 Å². The molecule has 4 atom stereocenters. The van der Waals surface area contributed by atoms with Crippen molar-refractivity contribution in [1.82, 2.24) is 5.43 Å². The highest BCUT2D eigenvalue weighted by molar-refractivity contribution is 9.10. The topological polar surface area (TPSA) is 38.0 Å². The number of fused-ring (bicyclic) bond motifs is 2. The lowest BCUT2D eigenvalue weighted by Gasteiger charge is -2.29. The van der Waals surface area contributed by atoms with E-state index in [1.54, 1.807) is 0 Å². The Bertz CT molecular complexity index is 379. The molecule has 2 fully saturated rings. The lowest BCUT2D eigenvalue weighted by atomic mass is 9.83. The first-order valence-corrected chi connectivity index (χ1v) is 7.66. The molecule has 3 N–H and O–H groups in total. The standard InChI is InChI=1S/C12H17BrN2S/c13-10-3-4-16-12(10)11(15-14)9-6-7-1-2-8(9)5-7/h3-4,7-9,11,15H,1-2,5-6,14H2. The Morgan fingerprint density at radius 2 is 2.31 bits per heavy atom. The maximum atomic E-state index is 5.78. The predicted molar refractivity (Wildman–Crippen MR) is 71.0 cm³/mol. The molecule has 2 nitrogen and oxygen atoms in total. The van der Waals surface area contributed by atoms with E-state index in [0.717, 1.165) is 17.8 Å². The van der Waals surface area contributed by atoms with Crippen LogP contribution in [-0.4, -0.2) is 0 Å². The average Bonchev–Trinajstić information content (AvgIpc) is 2.97. The van der Waals surface area contributed by atoms with Gasteiger partial charge in [0.25, 0.3) is 0 Å². The maximum absolute atomic E-state index is 5.78. The zero-order valence-corrected chi connectivity index (χ0v) is 11.6. The van der Waals surface area contributed by atoms with Crippen LogP contribution in [0.4, 0.5) is 0 Å². The van der Waals surface area contributed by atoms with Crippen LogP contribution < -0.4 is 11.3 Å². The molecule has 2 saturated carbocycles. The minimum atomic E-state index is 0.352. The summed E-state index contributed by atoms with van der Waals surface area (Å²) in [5, 5.41) is 2.14. The second-order valence-corrected chi connectivity index (χ2v) is 6.92. The molecule has 1 aromatic heterocycles. The molecule has 0 radical (unpaired) electrons. The van der Waals surface area contributed by atoms with Gasteiger partial charge in [0.15, 0.2) is 0 Å². The van der Waals surface area contributed by atoms with Gasteiger partial charge in [0.1, 0.15) is 0 Å². The van der Waals surface area contributed by atoms with Crippen molar-refractivity contribution in [3.05, 3.63) is 20.8 Å². The van der Waals surface area contributed by atoms with Gasteiger partial charge in [-0.2, -0.15) is 0 Å². The summed E-state index contributed by atoms with van der Waals surface area (Å²) >= 11 is 5.43. The van der Waals surface area contributed by atoms with Crippen molar-refractivity contribution in [1.29, 1.82) is 0 Å². The van der Waals surface area contributed by atoms with Gasteiger partial charge in [-0.15, -0.1) is 11.3 Å². The van der Waals surface area contributed by atoms with E-state index in [0.29, 0.717) is 6.04 Å². The molecule has 0 amide bonds. The molecule has 0 aliphatic heterocycles. The number of thiophene rings is 1. The molecule has 1 aromatic rings. The third-order valence-corrected chi connectivity index (χ3v) is 6.28. The fourth-order valence-electron chi connectivity index (χ4n) is 3.62. The van der Waals surface area contributed by atoms with E-state index in [2.05, 4.69) is 32.8 Å². The van der Waals surface area contributed by atoms with Gasteiger partial charge in [-0.05, 0) is 64.4 Å². The van der Waals surface area contributed by atoms with E-state index in [-0.39, 0.29) is 0 Å². The average molecular weight is 301 g/mol. The second-order valence-electron chi connectivity index (χ2n) is 5.12. The first-order valence-electron chi connectivity index (χ1n) is 5.98. The van der Waals surface area contributed by atoms with Crippen LogP contribution in [0.5, 0.6) is 0 Å². The summed E-state index contributed by atoms with van der Waals surface area (Å²) in [6, 6.07) is 2.47. The molecule has 3 rings (SSSR count). The highest BCUT2D eigenvalue weighted by Crippen LogP contribution is 2.53. The first kappa shape index (κ1) is 11.2. The van der Waals surface area contributed by atoms with Gasteiger partial charge < -0.3 is 0 Å². The normalized spacial score (nSPS) is 34.5. The van der Waals surface area contributed by atoms with Gasteiger partial charge in [-0.1, -0.05) is 6.42 Å². The fourth-order valence-corrected chi connectivity index (χ4v) is 5.38. The lowest BCUT2D eigenvalue weighted by Crippen LogP contribution is -2.35. The highest BCUT2D eigenvalue weighted by Gasteiger charge is 2.43. The van der Waals surface area contributed by atoms with Gasteiger partial charge in [0, 0.05) is 9.35 Å². The predicted octanol–water partition coefficient (Wildman–Crippen LogP) is 3.45. The number of hydrogen-bond acceptors (Lipinski definition) is 3. The van der Waals surface area contributed by atoms with Crippen LogP contribution in [0.2, 0.25) is 0 Å². The smallest absolute Gasteiger partial charge is 0.0595 e. The van der Waals surface area contributed by atoms with Crippen molar-refractivity contribution in [2.75, 3.05) is 0 Å². The summed E-state index contributed by atoms with van der Waals surface area (Å²) in [5.74, 6) is 8.41. The molecule has 0 aromatic carbocycles. The quantitative estimate of drug-likeness (QED) is 0.663. The van der Waals surface area contributed by atoms with Crippen LogP contribution in [0.15, 0.2) is 15.9 Å². The molecule has 88 valence electrons. The van der Waals surface area contributed by atoms with Gasteiger partial charge in [-0.3, -0.25) is 11.3 Å². The summed E-state index contributed by atoms with van der Waals surface area (Å²) in [5.41, 5.74) is 3.05. The van der Waals surface area contributed by atoms with E-state index >= 15 is 0 Å². The molecular weight excluding hydrogens is 284 g/mol. The zero-order chi connectivity index (χ0) is 11.1. The summed E-state index contributed by atoms with van der Waals surface area (Å²) in [7, 11) is 0. The summed E-state index contributed by atoms with van der Waals surface area (Å²) in [6.45, 7) is 0. The van der Waals surface area contributed by atoms with Crippen molar-refractivity contribution < 1.29 is 0 Å². The summed E-state index contributed by atoms with van der Waals surface area (Å²) in [4.78, 5) is 1.38. The van der Waals surface area contributed by atoms with Crippen LogP contribution in [0.1, 0.15) is 36.6 Å². The second kappa shape index (κ2) is 4.41. The number of halogens is 1. The SMILES string of the molecule is NNC(c1sccc1Br)C1CC2CCC1C2. The van der Waals surface area contributed by atoms with Crippen molar-refractivity contribution in [2.45, 2.75) is 31.7 Å².